The molecule has 0 aliphatic heterocycles. The molecule has 1 aromatic carbocycles. The lowest BCUT2D eigenvalue weighted by molar-refractivity contribution is -0.153. The number of aromatic hydroxyl groups is 1. The Hall–Kier alpha value is -3.21. The third-order valence-electron chi connectivity index (χ3n) is 7.53. The summed E-state index contributed by atoms with van der Waals surface area (Å²) in [7, 11) is 3.11. The summed E-state index contributed by atoms with van der Waals surface area (Å²) in [6.07, 6.45) is 0.639. The zero-order valence-corrected chi connectivity index (χ0v) is 19.8. The van der Waals surface area contributed by atoms with E-state index in [1.807, 2.05) is 0 Å². The van der Waals surface area contributed by atoms with Crippen LogP contribution in [-0.4, -0.2) is 79.7 Å². The first-order valence-electron chi connectivity index (χ1n) is 11.5. The number of phenols is 1. The molecule has 1 unspecified atom stereocenters. The molecule has 0 bridgehead atoms. The van der Waals surface area contributed by atoms with Gasteiger partial charge in [-0.25, -0.2) is 0 Å². The average molecular weight is 487 g/mol. The van der Waals surface area contributed by atoms with Gasteiger partial charge in [-0.05, 0) is 69.8 Å². The summed E-state index contributed by atoms with van der Waals surface area (Å²) in [6, 6.07) is 1.98. The highest BCUT2D eigenvalue weighted by molar-refractivity contribution is 6.24. The smallest absolute Gasteiger partial charge is 0.255 e. The van der Waals surface area contributed by atoms with Crippen molar-refractivity contribution >= 4 is 23.2 Å². The fraction of sp³-hybridized carbons (Fsp3) is 0.480. The van der Waals surface area contributed by atoms with Gasteiger partial charge in [-0.15, -0.1) is 0 Å². The Morgan fingerprint density at radius 2 is 1.89 bits per heavy atom. The van der Waals surface area contributed by atoms with Gasteiger partial charge in [0.1, 0.15) is 22.8 Å². The van der Waals surface area contributed by atoms with Gasteiger partial charge in [0.15, 0.2) is 11.4 Å². The van der Waals surface area contributed by atoms with Crippen LogP contribution in [0.1, 0.15) is 36.5 Å². The first kappa shape index (κ1) is 24.9. The molecule has 3 aliphatic carbocycles. The van der Waals surface area contributed by atoms with E-state index in [9.17, 15) is 39.9 Å². The van der Waals surface area contributed by atoms with Crippen LogP contribution in [-0.2, 0) is 27.2 Å². The van der Waals surface area contributed by atoms with Gasteiger partial charge in [-0.2, -0.15) is 0 Å². The summed E-state index contributed by atoms with van der Waals surface area (Å²) in [5.41, 5.74) is 3.12. The second-order valence-corrected chi connectivity index (χ2v) is 9.95. The second kappa shape index (κ2) is 8.47. The molecule has 1 saturated carbocycles. The standard InChI is InChI=1S/C25H30N2O8/c1-10(28)4-5-11-6-7-15(29)17-13(11)8-12-9-14-19(27(2)3)21(31)18(24(26)34)23(33)25(14,35)22(32)16(12)20(17)30/h6-7,10,12,14,19,28-30,33,35H,4-5,8-9H2,1-3H3,(H2,26,34)/t10?,12-,14-,19-,25-/m1/s1. The largest absolute Gasteiger partial charge is 0.508 e. The van der Waals surface area contributed by atoms with Crippen LogP contribution in [0.3, 0.4) is 0 Å². The molecule has 0 saturated heterocycles. The topological polar surface area (TPSA) is 182 Å². The number of aryl methyl sites for hydroxylation is 1. The lowest BCUT2D eigenvalue weighted by atomic mass is 9.57. The monoisotopic (exact) mass is 486 g/mol. The first-order valence-corrected chi connectivity index (χ1v) is 11.5. The van der Waals surface area contributed by atoms with Crippen molar-refractivity contribution in [3.8, 4) is 5.75 Å². The van der Waals surface area contributed by atoms with Crippen molar-refractivity contribution in [2.75, 3.05) is 14.1 Å². The van der Waals surface area contributed by atoms with Crippen molar-refractivity contribution in [3.05, 3.63) is 45.7 Å². The van der Waals surface area contributed by atoms with Crippen LogP contribution < -0.4 is 5.73 Å². The van der Waals surface area contributed by atoms with Crippen molar-refractivity contribution < 1.29 is 39.9 Å². The summed E-state index contributed by atoms with van der Waals surface area (Å²) < 4.78 is 0. The third-order valence-corrected chi connectivity index (χ3v) is 7.53. The predicted molar refractivity (Wildman–Crippen MR) is 124 cm³/mol. The number of amides is 1. The Bertz CT molecular complexity index is 1200. The molecule has 1 aromatic rings. The number of nitrogens with two attached hydrogens (primary N) is 1. The minimum atomic E-state index is -2.65. The van der Waals surface area contributed by atoms with E-state index in [4.69, 9.17) is 5.73 Å². The Balaban J connectivity index is 1.92. The Kier molecular flexibility index (Phi) is 6.03. The average Bonchev–Trinajstić information content (AvgIpc) is 2.75. The molecule has 1 fully saturated rings. The summed E-state index contributed by atoms with van der Waals surface area (Å²) >= 11 is 0. The molecular weight excluding hydrogens is 456 g/mol. The number of ketones is 2. The molecular formula is C25H30N2O8. The number of primary amides is 1. The molecule has 0 spiro atoms. The minimum absolute atomic E-state index is 0.0389. The van der Waals surface area contributed by atoms with Gasteiger partial charge in [0.05, 0.1) is 17.7 Å². The van der Waals surface area contributed by atoms with E-state index >= 15 is 0 Å². The van der Waals surface area contributed by atoms with Gasteiger partial charge in [-0.1, -0.05) is 6.07 Å². The number of aliphatic hydroxyl groups is 4. The van der Waals surface area contributed by atoms with Crippen LogP contribution in [0, 0.1) is 11.8 Å². The summed E-state index contributed by atoms with van der Waals surface area (Å²) in [5, 5.41) is 53.8. The number of hydrogen-bond donors (Lipinski definition) is 6. The number of fused-ring (bicyclic) bond motifs is 3. The van der Waals surface area contributed by atoms with E-state index in [1.54, 1.807) is 27.1 Å². The molecule has 0 aromatic heterocycles. The van der Waals surface area contributed by atoms with Crippen LogP contribution in [0.15, 0.2) is 29.0 Å². The quantitative estimate of drug-likeness (QED) is 0.318. The molecule has 0 heterocycles. The van der Waals surface area contributed by atoms with E-state index < -0.39 is 64.1 Å². The maximum Gasteiger partial charge on any atom is 0.255 e. The predicted octanol–water partition coefficient (Wildman–Crippen LogP) is 0.277. The van der Waals surface area contributed by atoms with Crippen molar-refractivity contribution in [1.29, 1.82) is 0 Å². The summed E-state index contributed by atoms with van der Waals surface area (Å²) in [5.74, 6) is -6.70. The maximum absolute atomic E-state index is 13.7. The van der Waals surface area contributed by atoms with Gasteiger partial charge in [0.2, 0.25) is 5.78 Å². The van der Waals surface area contributed by atoms with Crippen LogP contribution in [0.2, 0.25) is 0 Å². The fourth-order valence-electron chi connectivity index (χ4n) is 5.91. The summed E-state index contributed by atoms with van der Waals surface area (Å²) in [4.78, 5) is 40.3. The van der Waals surface area contributed by atoms with Crippen molar-refractivity contribution in [2.24, 2.45) is 17.6 Å². The molecule has 7 N–H and O–H groups in total. The maximum atomic E-state index is 13.7. The van der Waals surface area contributed by atoms with E-state index in [1.165, 1.54) is 11.0 Å². The number of Topliss-reactive ketones (excluding diaryl/α,β-unsaturated/α-hetero) is 2. The third kappa shape index (κ3) is 3.55. The molecule has 10 heteroatoms. The zero-order valence-electron chi connectivity index (χ0n) is 19.8. The van der Waals surface area contributed by atoms with Crippen LogP contribution in [0.4, 0.5) is 0 Å². The second-order valence-electron chi connectivity index (χ2n) is 9.95. The number of carbonyl (C=O) groups is 3. The zero-order chi connectivity index (χ0) is 26.0. The molecule has 1 amide bonds. The van der Waals surface area contributed by atoms with Gasteiger partial charge < -0.3 is 31.3 Å². The number of carbonyl (C=O) groups excluding carboxylic acids is 3. The number of likely N-dealkylation sites (N-methyl/N-ethyl adjacent to an activating group) is 1. The molecule has 10 nitrogen and oxygen atoms in total. The number of aliphatic hydroxyl groups excluding tert-OH is 3. The number of nitrogens with zero attached hydrogens (tertiary/aromatic N) is 1. The van der Waals surface area contributed by atoms with Crippen LogP contribution in [0.25, 0.3) is 5.76 Å². The summed E-state index contributed by atoms with van der Waals surface area (Å²) in [6.45, 7) is 1.66. The molecule has 4 rings (SSSR count). The van der Waals surface area contributed by atoms with E-state index in [0.29, 0.717) is 18.4 Å². The first-order chi connectivity index (χ1) is 16.3. The highest BCUT2D eigenvalue weighted by Crippen LogP contribution is 2.53. The molecule has 35 heavy (non-hydrogen) atoms. The van der Waals surface area contributed by atoms with E-state index in [2.05, 4.69) is 0 Å². The normalized spacial score (nSPS) is 29.1. The minimum Gasteiger partial charge on any atom is -0.508 e. The van der Waals surface area contributed by atoms with Gasteiger partial charge in [-0.3, -0.25) is 19.3 Å². The lowest BCUT2D eigenvalue weighted by Crippen LogP contribution is -2.65. The number of benzene rings is 1. The van der Waals surface area contributed by atoms with Crippen LogP contribution >= 0.6 is 0 Å². The number of rotatable bonds is 5. The molecule has 188 valence electrons. The van der Waals surface area contributed by atoms with Crippen molar-refractivity contribution in [2.45, 2.75) is 50.4 Å². The SMILES string of the molecule is CC(O)CCc1ccc(O)c2c1C[C@@H]1C[C@@H]3[C@@H](N(C)C)C(=O)C(C(N)=O)=C(O)[C@]3(O)C(=O)C1=C2O. The van der Waals surface area contributed by atoms with E-state index in [0.717, 1.165) is 5.56 Å². The molecule has 0 radical (unpaired) electrons. The Morgan fingerprint density at radius 1 is 1.23 bits per heavy atom. The van der Waals surface area contributed by atoms with Crippen LogP contribution in [0.5, 0.6) is 5.75 Å². The van der Waals surface area contributed by atoms with Gasteiger partial charge in [0, 0.05) is 11.5 Å². The highest BCUT2D eigenvalue weighted by atomic mass is 16.3. The highest BCUT2D eigenvalue weighted by Gasteiger charge is 2.64. The Morgan fingerprint density at radius 3 is 2.46 bits per heavy atom. The van der Waals surface area contributed by atoms with E-state index in [-0.39, 0.29) is 29.7 Å². The van der Waals surface area contributed by atoms with Gasteiger partial charge >= 0.3 is 0 Å². The van der Waals surface area contributed by atoms with Gasteiger partial charge in [0.25, 0.3) is 5.91 Å². The fourth-order valence-corrected chi connectivity index (χ4v) is 5.91. The number of hydrogen-bond acceptors (Lipinski definition) is 9. The lowest BCUT2D eigenvalue weighted by Gasteiger charge is -2.50. The Labute approximate surface area is 202 Å². The number of phenolic OH excluding ortho intramolecular Hbond substituents is 1. The molecule has 3 aliphatic rings. The van der Waals surface area contributed by atoms with Crippen molar-refractivity contribution in [1.82, 2.24) is 4.90 Å². The van der Waals surface area contributed by atoms with Crippen molar-refractivity contribution in [3.63, 3.8) is 0 Å². The molecule has 5 atom stereocenters.